The van der Waals surface area contributed by atoms with Crippen molar-refractivity contribution in [2.45, 2.75) is 25.3 Å². The van der Waals surface area contributed by atoms with Crippen LogP contribution in [0.3, 0.4) is 0 Å². The topological polar surface area (TPSA) is 88.4 Å². The second-order valence-corrected chi connectivity index (χ2v) is 11.4. The van der Waals surface area contributed by atoms with E-state index in [-0.39, 0.29) is 24.5 Å². The molecule has 3 aliphatic heterocycles. The Morgan fingerprint density at radius 1 is 0.875 bits per heavy atom. The van der Waals surface area contributed by atoms with Gasteiger partial charge < -0.3 is 23.7 Å². The number of carbonyl (C=O) groups excluding carboxylic acids is 2. The van der Waals surface area contributed by atoms with Gasteiger partial charge in [0.25, 0.3) is 11.8 Å². The van der Waals surface area contributed by atoms with Gasteiger partial charge in [-0.1, -0.05) is 24.3 Å². The summed E-state index contributed by atoms with van der Waals surface area (Å²) in [5, 5.41) is 3.82. The number of thiazole rings is 1. The van der Waals surface area contributed by atoms with Crippen LogP contribution >= 0.6 is 11.3 Å². The fourth-order valence-electron chi connectivity index (χ4n) is 5.71. The van der Waals surface area contributed by atoms with Crippen molar-refractivity contribution >= 4 is 34.1 Å². The first-order valence-electron chi connectivity index (χ1n) is 13.7. The summed E-state index contributed by atoms with van der Waals surface area (Å²) in [4.78, 5) is 37.1. The molecule has 0 bridgehead atoms. The van der Waals surface area contributed by atoms with E-state index in [9.17, 15) is 9.59 Å². The summed E-state index contributed by atoms with van der Waals surface area (Å²) < 4.78 is 16.7. The lowest BCUT2D eigenvalue weighted by molar-refractivity contribution is 0.0623. The molecule has 0 radical (unpaired) electrons. The molecule has 2 saturated heterocycles. The van der Waals surface area contributed by atoms with Gasteiger partial charge in [0.2, 0.25) is 6.79 Å². The molecular weight excluding hydrogens is 528 g/mol. The number of aromatic nitrogens is 1. The Hall–Kier alpha value is -3.89. The van der Waals surface area contributed by atoms with Crippen molar-refractivity contribution in [3.05, 3.63) is 75.9 Å². The van der Waals surface area contributed by atoms with Crippen molar-refractivity contribution in [3.63, 3.8) is 0 Å². The maximum Gasteiger partial charge on any atom is 0.289 e. The lowest BCUT2D eigenvalue weighted by atomic mass is 9.97. The molecule has 0 spiro atoms. The fourth-order valence-corrected chi connectivity index (χ4v) is 6.68. The molecule has 10 heteroatoms. The van der Waals surface area contributed by atoms with Crippen molar-refractivity contribution in [2.24, 2.45) is 0 Å². The third kappa shape index (κ3) is 4.93. The van der Waals surface area contributed by atoms with Gasteiger partial charge in [0.1, 0.15) is 11.3 Å². The molecule has 40 heavy (non-hydrogen) atoms. The molecule has 2 amide bonds. The normalized spacial score (nSPS) is 18.0. The smallest absolute Gasteiger partial charge is 0.289 e. The van der Waals surface area contributed by atoms with E-state index in [0.717, 1.165) is 60.0 Å². The molecule has 0 aliphatic carbocycles. The molecule has 7 rings (SSSR count). The van der Waals surface area contributed by atoms with Gasteiger partial charge in [-0.3, -0.25) is 14.5 Å². The van der Waals surface area contributed by atoms with Crippen LogP contribution in [0.2, 0.25) is 0 Å². The predicted molar refractivity (Wildman–Crippen MR) is 150 cm³/mol. The lowest BCUT2D eigenvalue weighted by Crippen LogP contribution is -2.48. The number of carbonyl (C=O) groups is 2. The van der Waals surface area contributed by atoms with Crippen LogP contribution in [0.1, 0.15) is 50.4 Å². The van der Waals surface area contributed by atoms with Gasteiger partial charge in [0, 0.05) is 62.5 Å². The number of fused-ring (bicyclic) bond motifs is 2. The van der Waals surface area contributed by atoms with E-state index in [1.54, 1.807) is 11.3 Å². The standard InChI is InChI=1S/C30H30N4O5S/c35-29(34-13-11-32(12-14-34)17-20-5-6-25-26(15-20)38-19-37-25)23-18-40-28(31-23)21-7-9-33(10-8-21)30(36)27-16-22-3-1-2-4-24(22)39-27/h1-6,15-16,18,21H,7-14,17,19H2. The molecule has 0 saturated carbocycles. The first kappa shape index (κ1) is 25.1. The van der Waals surface area contributed by atoms with Gasteiger partial charge in [-0.25, -0.2) is 4.98 Å². The van der Waals surface area contributed by atoms with Crippen molar-refractivity contribution < 1.29 is 23.5 Å². The summed E-state index contributed by atoms with van der Waals surface area (Å²) in [6, 6.07) is 15.6. The molecule has 0 atom stereocenters. The maximum absolute atomic E-state index is 13.2. The highest BCUT2D eigenvalue weighted by Crippen LogP contribution is 2.34. The van der Waals surface area contributed by atoms with E-state index >= 15 is 0 Å². The van der Waals surface area contributed by atoms with E-state index < -0.39 is 0 Å². The number of likely N-dealkylation sites (tertiary alicyclic amines) is 1. The summed E-state index contributed by atoms with van der Waals surface area (Å²) in [5.41, 5.74) is 2.44. The minimum Gasteiger partial charge on any atom is -0.454 e. The zero-order valence-electron chi connectivity index (χ0n) is 22.1. The molecule has 0 N–H and O–H groups in total. The highest BCUT2D eigenvalue weighted by atomic mass is 32.1. The number of furan rings is 1. The van der Waals surface area contributed by atoms with Crippen LogP contribution in [0.4, 0.5) is 0 Å². The largest absolute Gasteiger partial charge is 0.454 e. The Balaban J connectivity index is 0.909. The minimum absolute atomic E-state index is 0.00253. The molecule has 2 aromatic carbocycles. The number of nitrogens with zero attached hydrogens (tertiary/aromatic N) is 4. The molecule has 2 fully saturated rings. The van der Waals surface area contributed by atoms with Crippen LogP contribution in [0.15, 0.2) is 58.3 Å². The van der Waals surface area contributed by atoms with Gasteiger partial charge >= 0.3 is 0 Å². The third-order valence-electron chi connectivity index (χ3n) is 8.01. The summed E-state index contributed by atoms with van der Waals surface area (Å²) in [6.07, 6.45) is 1.65. The zero-order chi connectivity index (χ0) is 27.1. The zero-order valence-corrected chi connectivity index (χ0v) is 22.9. The predicted octanol–water partition coefficient (Wildman–Crippen LogP) is 4.60. The first-order chi connectivity index (χ1) is 19.6. The van der Waals surface area contributed by atoms with Crippen LogP contribution < -0.4 is 9.47 Å². The van der Waals surface area contributed by atoms with E-state index in [0.29, 0.717) is 37.6 Å². The Kier molecular flexibility index (Phi) is 6.65. The minimum atomic E-state index is -0.0673. The van der Waals surface area contributed by atoms with E-state index in [1.165, 1.54) is 5.56 Å². The van der Waals surface area contributed by atoms with Crippen molar-refractivity contribution in [2.75, 3.05) is 46.1 Å². The quantitative estimate of drug-likeness (QED) is 0.354. The van der Waals surface area contributed by atoms with Crippen LogP contribution in [0, 0.1) is 0 Å². The van der Waals surface area contributed by atoms with Gasteiger partial charge in [0.15, 0.2) is 17.3 Å². The number of hydrogen-bond acceptors (Lipinski definition) is 8. The lowest BCUT2D eigenvalue weighted by Gasteiger charge is -2.34. The number of benzene rings is 2. The third-order valence-corrected chi connectivity index (χ3v) is 9.02. The molecule has 4 aromatic rings. The average Bonchev–Trinajstić information content (AvgIpc) is 3.76. The summed E-state index contributed by atoms with van der Waals surface area (Å²) in [5.74, 6) is 2.17. The SMILES string of the molecule is O=C(c1csc(C2CCN(C(=O)c3cc4ccccc4o3)CC2)n1)N1CCN(Cc2ccc3c(c2)OCO3)CC1. The first-order valence-corrected chi connectivity index (χ1v) is 14.6. The highest BCUT2D eigenvalue weighted by molar-refractivity contribution is 7.09. The Morgan fingerprint density at radius 2 is 1.65 bits per heavy atom. The number of para-hydroxylation sites is 1. The van der Waals surface area contributed by atoms with Crippen LogP contribution in [0.5, 0.6) is 11.5 Å². The second-order valence-electron chi connectivity index (χ2n) is 10.5. The molecule has 9 nitrogen and oxygen atoms in total. The molecule has 206 valence electrons. The summed E-state index contributed by atoms with van der Waals surface area (Å²) in [6.45, 7) is 5.38. The Labute approximate surface area is 235 Å². The number of ether oxygens (including phenoxy) is 2. The molecular formula is C30H30N4O5S. The van der Waals surface area contributed by atoms with E-state index in [4.69, 9.17) is 18.9 Å². The number of amides is 2. The van der Waals surface area contributed by atoms with Gasteiger partial charge in [0.05, 0.1) is 5.01 Å². The molecule has 3 aliphatic rings. The second kappa shape index (κ2) is 10.6. The number of piperidine rings is 1. The molecule has 5 heterocycles. The van der Waals surface area contributed by atoms with Crippen molar-refractivity contribution in [3.8, 4) is 11.5 Å². The van der Waals surface area contributed by atoms with Crippen LogP contribution in [0.25, 0.3) is 11.0 Å². The monoisotopic (exact) mass is 558 g/mol. The van der Waals surface area contributed by atoms with E-state index in [1.807, 2.05) is 57.6 Å². The van der Waals surface area contributed by atoms with Crippen molar-refractivity contribution in [1.82, 2.24) is 19.7 Å². The maximum atomic E-state index is 13.2. The molecule has 0 unspecified atom stereocenters. The van der Waals surface area contributed by atoms with Crippen molar-refractivity contribution in [1.29, 1.82) is 0 Å². The van der Waals surface area contributed by atoms with Gasteiger partial charge in [-0.2, -0.15) is 0 Å². The summed E-state index contributed by atoms with van der Waals surface area (Å²) in [7, 11) is 0. The number of rotatable bonds is 5. The fraction of sp³-hybridized carbons (Fsp3) is 0.367. The highest BCUT2D eigenvalue weighted by Gasteiger charge is 2.30. The van der Waals surface area contributed by atoms with E-state index in [2.05, 4.69) is 11.0 Å². The Bertz CT molecular complexity index is 1520. The van der Waals surface area contributed by atoms with Crippen LogP contribution in [-0.4, -0.2) is 77.6 Å². The van der Waals surface area contributed by atoms with Gasteiger partial charge in [-0.05, 0) is 42.7 Å². The van der Waals surface area contributed by atoms with Gasteiger partial charge in [-0.15, -0.1) is 11.3 Å². The molecule has 2 aromatic heterocycles. The van der Waals surface area contributed by atoms with Crippen LogP contribution in [-0.2, 0) is 6.54 Å². The Morgan fingerprint density at radius 3 is 2.48 bits per heavy atom. The summed E-state index contributed by atoms with van der Waals surface area (Å²) >= 11 is 1.56. The number of hydrogen-bond donors (Lipinski definition) is 0. The average molecular weight is 559 g/mol. The number of piperazine rings is 1.